The molecule has 16 heteroatoms. The van der Waals surface area contributed by atoms with E-state index in [0.29, 0.717) is 0 Å². The van der Waals surface area contributed by atoms with E-state index in [0.717, 1.165) is 0 Å². The SMILES string of the molecule is C[C@@H](O)C1O[C@H](O[C@@H]2C(N=[N+]=[N-])C[C@@H](N=C(N)N)C(O)C2O)C(N=[N+]=[N-])C(O)[C@@H]1O. The summed E-state index contributed by atoms with van der Waals surface area (Å²) in [5.41, 5.74) is 28.3. The standard InChI is InChI=1S/C14H25N9O7/c1-3(24)11-10(28)8(26)6(21-23-18)13(29-11)30-12-5(20-22-17)2-4(19-14(15)16)7(25)9(12)27/h3-13,24-28H,2H2,1H3,(H4,15,16,19)/t3-,4-,5?,6?,7?,8?,9?,10+,11?,12-,13-/m1/s1. The van der Waals surface area contributed by atoms with Crippen LogP contribution in [0.3, 0.4) is 0 Å². The lowest BCUT2D eigenvalue weighted by Gasteiger charge is -2.46. The van der Waals surface area contributed by atoms with Crippen molar-refractivity contribution in [2.45, 2.75) is 80.5 Å². The number of aliphatic hydroxyl groups excluding tert-OH is 5. The molecule has 6 unspecified atom stereocenters. The Bertz CT molecular complexity index is 723. The highest BCUT2D eigenvalue weighted by Crippen LogP contribution is 2.33. The number of hydrogen-bond donors (Lipinski definition) is 7. The van der Waals surface area contributed by atoms with Crippen LogP contribution in [-0.4, -0.2) is 98.6 Å². The maximum atomic E-state index is 10.5. The second-order valence-corrected chi connectivity index (χ2v) is 7.10. The van der Waals surface area contributed by atoms with Crippen LogP contribution in [0.1, 0.15) is 13.3 Å². The third-order valence-corrected chi connectivity index (χ3v) is 5.02. The number of rotatable bonds is 6. The Morgan fingerprint density at radius 3 is 2.20 bits per heavy atom. The van der Waals surface area contributed by atoms with Crippen molar-refractivity contribution in [3.63, 3.8) is 0 Å². The summed E-state index contributed by atoms with van der Waals surface area (Å²) in [6.45, 7) is 1.30. The second kappa shape index (κ2) is 10.1. The van der Waals surface area contributed by atoms with Gasteiger partial charge in [0.25, 0.3) is 0 Å². The topological polar surface area (TPSA) is 282 Å². The molecule has 0 spiro atoms. The normalized spacial score (nSPS) is 42.3. The van der Waals surface area contributed by atoms with E-state index in [4.69, 9.17) is 32.0 Å². The summed E-state index contributed by atoms with van der Waals surface area (Å²) in [5, 5.41) is 58.0. The summed E-state index contributed by atoms with van der Waals surface area (Å²) in [7, 11) is 0. The van der Waals surface area contributed by atoms with E-state index in [2.05, 4.69) is 25.0 Å². The Balaban J connectivity index is 2.34. The van der Waals surface area contributed by atoms with Crippen molar-refractivity contribution < 1.29 is 35.0 Å². The molecule has 1 aliphatic carbocycles. The summed E-state index contributed by atoms with van der Waals surface area (Å²) >= 11 is 0. The van der Waals surface area contributed by atoms with Crippen LogP contribution in [0.5, 0.6) is 0 Å². The van der Waals surface area contributed by atoms with E-state index < -0.39 is 67.1 Å². The van der Waals surface area contributed by atoms with Gasteiger partial charge in [0.1, 0.15) is 30.5 Å². The highest BCUT2D eigenvalue weighted by molar-refractivity contribution is 5.75. The van der Waals surface area contributed by atoms with Gasteiger partial charge >= 0.3 is 0 Å². The molecule has 9 N–H and O–H groups in total. The molecule has 1 heterocycles. The number of aliphatic hydroxyl groups is 5. The van der Waals surface area contributed by atoms with E-state index in [-0.39, 0.29) is 12.4 Å². The fourth-order valence-corrected chi connectivity index (χ4v) is 3.56. The predicted octanol–water partition coefficient (Wildman–Crippen LogP) is -2.68. The largest absolute Gasteiger partial charge is 0.391 e. The number of aliphatic imine (C=N–C) groups is 1. The number of hydrogen-bond acceptors (Lipinski definition) is 10. The molecule has 1 saturated carbocycles. The Labute approximate surface area is 170 Å². The lowest BCUT2D eigenvalue weighted by molar-refractivity contribution is -0.301. The number of nitrogens with two attached hydrogens (primary N) is 2. The van der Waals surface area contributed by atoms with Crippen LogP contribution >= 0.6 is 0 Å². The summed E-state index contributed by atoms with van der Waals surface area (Å²) in [6.07, 6.45) is -12.0. The first-order valence-corrected chi connectivity index (χ1v) is 9.00. The molecule has 168 valence electrons. The lowest BCUT2D eigenvalue weighted by atomic mass is 9.84. The molecule has 16 nitrogen and oxygen atoms in total. The molecular weight excluding hydrogens is 406 g/mol. The number of guanidine groups is 1. The zero-order valence-electron chi connectivity index (χ0n) is 15.9. The van der Waals surface area contributed by atoms with Crippen molar-refractivity contribution in [3.8, 4) is 0 Å². The molecular formula is C14H25N9O7. The second-order valence-electron chi connectivity index (χ2n) is 7.10. The molecule has 1 saturated heterocycles. The fourth-order valence-electron chi connectivity index (χ4n) is 3.56. The number of azide groups is 2. The van der Waals surface area contributed by atoms with Gasteiger partial charge in [-0.3, -0.25) is 0 Å². The van der Waals surface area contributed by atoms with Gasteiger partial charge in [0.15, 0.2) is 12.2 Å². The molecule has 0 bridgehead atoms. The fraction of sp³-hybridized carbons (Fsp3) is 0.929. The van der Waals surface area contributed by atoms with Gasteiger partial charge < -0.3 is 46.5 Å². The van der Waals surface area contributed by atoms with Crippen LogP contribution in [0.25, 0.3) is 20.9 Å². The van der Waals surface area contributed by atoms with Gasteiger partial charge in [0.2, 0.25) is 0 Å². The first-order chi connectivity index (χ1) is 14.1. The zero-order chi connectivity index (χ0) is 22.6. The van der Waals surface area contributed by atoms with Crippen molar-refractivity contribution in [2.24, 2.45) is 26.7 Å². The van der Waals surface area contributed by atoms with Gasteiger partial charge in [-0.25, -0.2) is 4.99 Å². The Kier molecular flexibility index (Phi) is 8.03. The van der Waals surface area contributed by atoms with Crippen molar-refractivity contribution in [2.75, 3.05) is 0 Å². The minimum Gasteiger partial charge on any atom is -0.391 e. The molecule has 2 fully saturated rings. The molecule has 0 aromatic heterocycles. The third kappa shape index (κ3) is 5.02. The van der Waals surface area contributed by atoms with E-state index >= 15 is 0 Å². The highest BCUT2D eigenvalue weighted by Gasteiger charge is 2.50. The summed E-state index contributed by atoms with van der Waals surface area (Å²) in [6, 6.07) is -3.53. The molecule has 30 heavy (non-hydrogen) atoms. The minimum absolute atomic E-state index is 0.102. The molecule has 2 aliphatic rings. The van der Waals surface area contributed by atoms with Crippen LogP contribution in [0.2, 0.25) is 0 Å². The van der Waals surface area contributed by atoms with E-state index in [1.807, 2.05) is 0 Å². The molecule has 11 atom stereocenters. The minimum atomic E-state index is -1.67. The van der Waals surface area contributed by atoms with Crippen molar-refractivity contribution in [3.05, 3.63) is 20.9 Å². The van der Waals surface area contributed by atoms with Gasteiger partial charge in [0, 0.05) is 9.82 Å². The van der Waals surface area contributed by atoms with E-state index in [9.17, 15) is 25.5 Å². The molecule has 0 amide bonds. The Hall–Kier alpha value is -2.39. The highest BCUT2D eigenvalue weighted by atomic mass is 16.7. The van der Waals surface area contributed by atoms with Crippen LogP contribution in [0.4, 0.5) is 0 Å². The van der Waals surface area contributed by atoms with Gasteiger partial charge in [0.05, 0.1) is 30.4 Å². The average Bonchev–Trinajstić information content (AvgIpc) is 2.67. The van der Waals surface area contributed by atoms with Crippen LogP contribution in [0, 0.1) is 0 Å². The first-order valence-electron chi connectivity index (χ1n) is 9.00. The van der Waals surface area contributed by atoms with Gasteiger partial charge in [-0.15, -0.1) is 0 Å². The average molecular weight is 431 g/mol. The smallest absolute Gasteiger partial charge is 0.186 e. The van der Waals surface area contributed by atoms with Gasteiger partial charge in [-0.1, -0.05) is 10.2 Å². The van der Waals surface area contributed by atoms with Gasteiger partial charge in [-0.2, -0.15) is 0 Å². The monoisotopic (exact) mass is 431 g/mol. The summed E-state index contributed by atoms with van der Waals surface area (Å²) in [4.78, 5) is 9.08. The van der Waals surface area contributed by atoms with Crippen LogP contribution < -0.4 is 11.5 Å². The van der Waals surface area contributed by atoms with Crippen molar-refractivity contribution >= 4 is 5.96 Å². The third-order valence-electron chi connectivity index (χ3n) is 5.02. The Morgan fingerprint density at radius 2 is 1.67 bits per heavy atom. The van der Waals surface area contributed by atoms with Crippen molar-refractivity contribution in [1.29, 1.82) is 0 Å². The molecule has 1 aliphatic heterocycles. The molecule has 0 aromatic carbocycles. The predicted molar refractivity (Wildman–Crippen MR) is 99.3 cm³/mol. The summed E-state index contributed by atoms with van der Waals surface area (Å²) in [5.74, 6) is -0.346. The Morgan fingerprint density at radius 1 is 1.03 bits per heavy atom. The molecule has 0 radical (unpaired) electrons. The zero-order valence-corrected chi connectivity index (χ0v) is 15.9. The number of nitrogens with zero attached hydrogens (tertiary/aromatic N) is 7. The maximum Gasteiger partial charge on any atom is 0.186 e. The number of ether oxygens (including phenoxy) is 2. The van der Waals surface area contributed by atoms with Crippen LogP contribution in [-0.2, 0) is 9.47 Å². The van der Waals surface area contributed by atoms with E-state index in [1.54, 1.807) is 0 Å². The maximum absolute atomic E-state index is 10.5. The quantitative estimate of drug-likeness (QED) is 0.0757. The van der Waals surface area contributed by atoms with E-state index in [1.165, 1.54) is 6.92 Å². The molecule has 2 rings (SSSR count). The molecule has 0 aromatic rings. The van der Waals surface area contributed by atoms with Crippen molar-refractivity contribution in [1.82, 2.24) is 0 Å². The first kappa shape index (κ1) is 23.9. The summed E-state index contributed by atoms with van der Waals surface area (Å²) < 4.78 is 11.1. The van der Waals surface area contributed by atoms with Gasteiger partial charge in [-0.05, 0) is 24.4 Å². The van der Waals surface area contributed by atoms with Crippen LogP contribution in [0.15, 0.2) is 15.2 Å². The lowest BCUT2D eigenvalue weighted by Crippen LogP contribution is -2.63.